The summed E-state index contributed by atoms with van der Waals surface area (Å²) in [6.07, 6.45) is 4.93. The van der Waals surface area contributed by atoms with Gasteiger partial charge in [0.1, 0.15) is 0 Å². The summed E-state index contributed by atoms with van der Waals surface area (Å²) in [6.45, 7) is 3.74. The Balaban J connectivity index is 2.10. The molecule has 5 nitrogen and oxygen atoms in total. The first-order valence-electron chi connectivity index (χ1n) is 5.90. The van der Waals surface area contributed by atoms with Crippen molar-refractivity contribution in [3.05, 3.63) is 35.4 Å². The van der Waals surface area contributed by atoms with E-state index >= 15 is 0 Å². The number of hydrogen-bond acceptors (Lipinski definition) is 3. The first-order valence-corrected chi connectivity index (χ1v) is 5.90. The van der Waals surface area contributed by atoms with Crippen molar-refractivity contribution in [2.45, 2.75) is 26.4 Å². The van der Waals surface area contributed by atoms with Crippen LogP contribution in [0.1, 0.15) is 23.9 Å². The van der Waals surface area contributed by atoms with Crippen LogP contribution in [0.2, 0.25) is 0 Å². The predicted octanol–water partition coefficient (Wildman–Crippen LogP) is 0.947. The van der Waals surface area contributed by atoms with E-state index < -0.39 is 0 Å². The summed E-state index contributed by atoms with van der Waals surface area (Å²) in [4.78, 5) is 0. The highest BCUT2D eigenvalue weighted by Crippen LogP contribution is 2.06. The molecule has 1 N–H and O–H groups in total. The molecule has 0 aliphatic heterocycles. The van der Waals surface area contributed by atoms with Crippen LogP contribution in [0.4, 0.5) is 0 Å². The molecular weight excluding hydrogens is 214 g/mol. The van der Waals surface area contributed by atoms with Crippen LogP contribution in [-0.4, -0.2) is 26.6 Å². The summed E-state index contributed by atoms with van der Waals surface area (Å²) in [7, 11) is 3.92. The smallest absolute Gasteiger partial charge is 0.0828 e. The van der Waals surface area contributed by atoms with Gasteiger partial charge in [0.2, 0.25) is 0 Å². The van der Waals surface area contributed by atoms with Gasteiger partial charge < -0.3 is 5.32 Å². The summed E-state index contributed by atoms with van der Waals surface area (Å²) >= 11 is 0. The maximum absolute atomic E-state index is 4.43. The summed E-state index contributed by atoms with van der Waals surface area (Å²) in [6, 6.07) is 2.14. The second kappa shape index (κ2) is 5.14. The van der Waals surface area contributed by atoms with Crippen LogP contribution in [0, 0.1) is 0 Å². The van der Waals surface area contributed by atoms with Gasteiger partial charge >= 0.3 is 0 Å². The topological polar surface area (TPSA) is 47.7 Å². The van der Waals surface area contributed by atoms with Crippen LogP contribution in [0.15, 0.2) is 18.5 Å². The van der Waals surface area contributed by atoms with Gasteiger partial charge in [0.25, 0.3) is 0 Å². The van der Waals surface area contributed by atoms with Crippen LogP contribution in [0.3, 0.4) is 0 Å². The molecular formula is C12H19N5. The van der Waals surface area contributed by atoms with Crippen molar-refractivity contribution in [3.8, 4) is 0 Å². The first-order chi connectivity index (χ1) is 8.22. The van der Waals surface area contributed by atoms with E-state index in [0.717, 1.165) is 25.2 Å². The normalized spacial score (nSPS) is 11.0. The highest BCUT2D eigenvalue weighted by atomic mass is 15.3. The van der Waals surface area contributed by atoms with Gasteiger partial charge in [0, 0.05) is 25.4 Å². The fourth-order valence-electron chi connectivity index (χ4n) is 1.85. The lowest BCUT2D eigenvalue weighted by atomic mass is 10.3. The quantitative estimate of drug-likeness (QED) is 0.836. The van der Waals surface area contributed by atoms with Crippen LogP contribution in [-0.2, 0) is 26.6 Å². The predicted molar refractivity (Wildman–Crippen MR) is 66.7 cm³/mol. The molecule has 2 aromatic heterocycles. The van der Waals surface area contributed by atoms with Crippen molar-refractivity contribution < 1.29 is 0 Å². The third-order valence-electron chi connectivity index (χ3n) is 2.78. The molecule has 0 amide bonds. The zero-order chi connectivity index (χ0) is 12.3. The Morgan fingerprint density at radius 3 is 2.88 bits per heavy atom. The van der Waals surface area contributed by atoms with Crippen molar-refractivity contribution in [1.29, 1.82) is 0 Å². The minimum atomic E-state index is 0.771. The van der Waals surface area contributed by atoms with Crippen molar-refractivity contribution in [2.75, 3.05) is 7.05 Å². The number of nitrogens with one attached hydrogen (secondary N) is 1. The van der Waals surface area contributed by atoms with Crippen LogP contribution >= 0.6 is 0 Å². The average molecular weight is 233 g/mol. The third-order valence-corrected chi connectivity index (χ3v) is 2.78. The Morgan fingerprint density at radius 1 is 1.41 bits per heavy atom. The molecule has 0 bridgehead atoms. The highest BCUT2D eigenvalue weighted by molar-refractivity contribution is 5.11. The van der Waals surface area contributed by atoms with Crippen molar-refractivity contribution >= 4 is 0 Å². The Bertz CT molecular complexity index is 483. The van der Waals surface area contributed by atoms with E-state index in [1.807, 2.05) is 29.7 Å². The zero-order valence-corrected chi connectivity index (χ0v) is 10.6. The third kappa shape index (κ3) is 2.74. The van der Waals surface area contributed by atoms with E-state index in [1.165, 1.54) is 11.3 Å². The monoisotopic (exact) mass is 233 g/mol. The Kier molecular flexibility index (Phi) is 3.58. The molecule has 0 atom stereocenters. The summed E-state index contributed by atoms with van der Waals surface area (Å²) in [5.41, 5.74) is 3.51. The minimum Gasteiger partial charge on any atom is -0.316 e. The van der Waals surface area contributed by atoms with Crippen molar-refractivity contribution in [2.24, 2.45) is 7.05 Å². The molecule has 0 saturated heterocycles. The van der Waals surface area contributed by atoms with E-state index in [0.29, 0.717) is 0 Å². The van der Waals surface area contributed by atoms with Gasteiger partial charge in [0.15, 0.2) is 0 Å². The molecule has 17 heavy (non-hydrogen) atoms. The fraction of sp³-hybridized carbons (Fsp3) is 0.500. The lowest BCUT2D eigenvalue weighted by molar-refractivity contribution is 0.617. The Morgan fingerprint density at radius 2 is 2.24 bits per heavy atom. The van der Waals surface area contributed by atoms with Crippen LogP contribution in [0.5, 0.6) is 0 Å². The number of aryl methyl sites for hydroxylation is 2. The number of rotatable bonds is 5. The average Bonchev–Trinajstić information content (AvgIpc) is 2.88. The molecule has 5 heteroatoms. The number of aromatic nitrogens is 4. The Labute approximate surface area is 101 Å². The van der Waals surface area contributed by atoms with Crippen LogP contribution < -0.4 is 5.32 Å². The molecule has 0 radical (unpaired) electrons. The van der Waals surface area contributed by atoms with E-state index in [9.17, 15) is 0 Å². The number of hydrogen-bond donors (Lipinski definition) is 1. The van der Waals surface area contributed by atoms with Crippen molar-refractivity contribution in [3.63, 3.8) is 0 Å². The molecule has 92 valence electrons. The molecule has 2 rings (SSSR count). The first kappa shape index (κ1) is 11.9. The maximum atomic E-state index is 4.43. The van der Waals surface area contributed by atoms with E-state index in [2.05, 4.69) is 34.7 Å². The lowest BCUT2D eigenvalue weighted by Crippen LogP contribution is -2.06. The van der Waals surface area contributed by atoms with Gasteiger partial charge in [-0.1, -0.05) is 6.92 Å². The van der Waals surface area contributed by atoms with Gasteiger partial charge in [0.05, 0.1) is 24.1 Å². The second-order valence-electron chi connectivity index (χ2n) is 4.18. The van der Waals surface area contributed by atoms with Gasteiger partial charge in [-0.15, -0.1) is 0 Å². The molecule has 0 aromatic carbocycles. The summed E-state index contributed by atoms with van der Waals surface area (Å²) in [5.74, 6) is 0. The fourth-order valence-corrected chi connectivity index (χ4v) is 1.85. The largest absolute Gasteiger partial charge is 0.316 e. The van der Waals surface area contributed by atoms with Gasteiger partial charge in [-0.25, -0.2) is 0 Å². The molecule has 2 heterocycles. The Hall–Kier alpha value is -1.62. The lowest BCUT2D eigenvalue weighted by Gasteiger charge is -2.01. The molecule has 0 fully saturated rings. The van der Waals surface area contributed by atoms with E-state index in [4.69, 9.17) is 0 Å². The van der Waals surface area contributed by atoms with E-state index in [1.54, 1.807) is 0 Å². The SMILES string of the molecule is CCc1cc(Cn2cc(CNC)cn2)n(C)n1. The van der Waals surface area contributed by atoms with Crippen molar-refractivity contribution in [1.82, 2.24) is 24.9 Å². The summed E-state index contributed by atoms with van der Waals surface area (Å²) in [5, 5.41) is 11.9. The molecule has 0 spiro atoms. The van der Waals surface area contributed by atoms with Gasteiger partial charge in [-0.3, -0.25) is 9.36 Å². The molecule has 0 unspecified atom stereocenters. The van der Waals surface area contributed by atoms with Gasteiger partial charge in [-0.05, 0) is 19.5 Å². The molecule has 2 aromatic rings. The van der Waals surface area contributed by atoms with Gasteiger partial charge in [-0.2, -0.15) is 10.2 Å². The minimum absolute atomic E-state index is 0.771. The maximum Gasteiger partial charge on any atom is 0.0828 e. The van der Waals surface area contributed by atoms with Crippen LogP contribution in [0.25, 0.3) is 0 Å². The molecule has 0 aliphatic rings. The highest BCUT2D eigenvalue weighted by Gasteiger charge is 2.05. The zero-order valence-electron chi connectivity index (χ0n) is 10.6. The van der Waals surface area contributed by atoms with E-state index in [-0.39, 0.29) is 0 Å². The molecule has 0 aliphatic carbocycles. The molecule has 0 saturated carbocycles. The summed E-state index contributed by atoms with van der Waals surface area (Å²) < 4.78 is 3.88. The second-order valence-corrected chi connectivity index (χ2v) is 4.18. The number of nitrogens with zero attached hydrogens (tertiary/aromatic N) is 4. The standard InChI is InChI=1S/C12H19N5/c1-4-11-5-12(16(3)15-11)9-17-8-10(6-13-2)7-14-17/h5,7-8,13H,4,6,9H2,1-3H3.